The highest BCUT2D eigenvalue weighted by Crippen LogP contribution is 2.33. The Balaban J connectivity index is 0.00000200. The zero-order chi connectivity index (χ0) is 13.7. The molecule has 1 saturated heterocycles. The first kappa shape index (κ1) is 21.0. The minimum Gasteiger partial charge on any atom is -0.314 e. The van der Waals surface area contributed by atoms with Gasteiger partial charge in [0.25, 0.3) is 0 Å². The van der Waals surface area contributed by atoms with Gasteiger partial charge in [-0.2, -0.15) is 0 Å². The monoisotopic (exact) mass is 370 g/mol. The molecule has 1 heterocycles. The molecule has 1 atom stereocenters. The maximum atomic E-state index is 6.37. The summed E-state index contributed by atoms with van der Waals surface area (Å²) in [6.07, 6.45) is 4.01. The van der Waals surface area contributed by atoms with Gasteiger partial charge in [-0.1, -0.05) is 35.3 Å². The number of halogens is 4. The third kappa shape index (κ3) is 5.97. The fourth-order valence-corrected chi connectivity index (χ4v) is 3.11. The molecule has 21 heavy (non-hydrogen) atoms. The molecule has 1 aromatic carbocycles. The van der Waals surface area contributed by atoms with E-state index in [1.165, 1.54) is 5.56 Å². The number of hydrogen-bond acceptors (Lipinski definition) is 2. The largest absolute Gasteiger partial charge is 0.314 e. The number of benzene rings is 1. The van der Waals surface area contributed by atoms with Crippen molar-refractivity contribution in [1.82, 2.24) is 10.2 Å². The first-order chi connectivity index (χ1) is 9.22. The molecular weight excluding hydrogens is 350 g/mol. The van der Waals surface area contributed by atoms with Crippen molar-refractivity contribution >= 4 is 48.0 Å². The van der Waals surface area contributed by atoms with Crippen molar-refractivity contribution in [3.63, 3.8) is 0 Å². The van der Waals surface area contributed by atoms with Crippen molar-refractivity contribution in [1.29, 1.82) is 0 Å². The van der Waals surface area contributed by atoms with Crippen LogP contribution >= 0.6 is 48.0 Å². The molecule has 1 aliphatic rings. The molecule has 0 spiro atoms. The molecule has 0 unspecified atom stereocenters. The zero-order valence-corrected chi connectivity index (χ0v) is 15.0. The van der Waals surface area contributed by atoms with E-state index in [0.717, 1.165) is 44.0 Å². The molecule has 0 radical (unpaired) electrons. The van der Waals surface area contributed by atoms with Crippen LogP contribution < -0.4 is 5.32 Å². The fraction of sp³-hybridized carbons (Fsp3) is 0.467. The average Bonchev–Trinajstić information content (AvgIpc) is 2.42. The van der Waals surface area contributed by atoms with Gasteiger partial charge >= 0.3 is 0 Å². The van der Waals surface area contributed by atoms with Crippen LogP contribution in [0.15, 0.2) is 30.9 Å². The molecule has 1 aromatic rings. The van der Waals surface area contributed by atoms with E-state index in [1.54, 1.807) is 0 Å². The van der Waals surface area contributed by atoms with Crippen LogP contribution in [0.1, 0.15) is 24.4 Å². The Morgan fingerprint density at radius 1 is 1.24 bits per heavy atom. The number of hydrogen-bond donors (Lipinski definition) is 1. The summed E-state index contributed by atoms with van der Waals surface area (Å²) < 4.78 is 0. The van der Waals surface area contributed by atoms with E-state index in [1.807, 2.05) is 18.2 Å². The lowest BCUT2D eigenvalue weighted by Gasteiger charge is -2.35. The van der Waals surface area contributed by atoms with E-state index in [4.69, 9.17) is 23.2 Å². The standard InChI is InChI=1S/C15H20Cl2N2.2ClH/c1-2-3-4-15(19-9-7-18-8-10-19)13-6-5-12(16)11-14(13)17;;/h2,5-6,11,15,18H,1,3-4,7-10H2;2*1H/t15-;;/m0../s1. The molecule has 2 nitrogen and oxygen atoms in total. The van der Waals surface area contributed by atoms with Crippen LogP contribution in [0.5, 0.6) is 0 Å². The van der Waals surface area contributed by atoms with Crippen molar-refractivity contribution in [3.8, 4) is 0 Å². The SMILES string of the molecule is C=CCC[C@@H](c1ccc(Cl)cc1Cl)N1CCNCC1.Cl.Cl. The van der Waals surface area contributed by atoms with Gasteiger partial charge in [0.05, 0.1) is 0 Å². The number of piperazine rings is 1. The van der Waals surface area contributed by atoms with E-state index in [2.05, 4.69) is 22.9 Å². The van der Waals surface area contributed by atoms with Gasteiger partial charge in [0.1, 0.15) is 0 Å². The maximum absolute atomic E-state index is 6.37. The highest BCUT2D eigenvalue weighted by Gasteiger charge is 2.23. The van der Waals surface area contributed by atoms with Gasteiger partial charge in [-0.05, 0) is 30.5 Å². The molecular formula is C15H22Cl4N2. The smallest absolute Gasteiger partial charge is 0.0468 e. The summed E-state index contributed by atoms with van der Waals surface area (Å²) in [5.41, 5.74) is 1.18. The molecule has 120 valence electrons. The molecule has 1 aliphatic heterocycles. The van der Waals surface area contributed by atoms with Crippen molar-refractivity contribution in [2.75, 3.05) is 26.2 Å². The van der Waals surface area contributed by atoms with Crippen molar-refractivity contribution in [2.45, 2.75) is 18.9 Å². The molecule has 0 saturated carbocycles. The van der Waals surface area contributed by atoms with Crippen molar-refractivity contribution < 1.29 is 0 Å². The van der Waals surface area contributed by atoms with Gasteiger partial charge in [-0.25, -0.2) is 0 Å². The second-order valence-electron chi connectivity index (χ2n) is 4.83. The van der Waals surface area contributed by atoms with Gasteiger partial charge in [0.15, 0.2) is 0 Å². The summed E-state index contributed by atoms with van der Waals surface area (Å²) in [5, 5.41) is 4.84. The second-order valence-corrected chi connectivity index (χ2v) is 5.68. The summed E-state index contributed by atoms with van der Waals surface area (Å²) in [6, 6.07) is 6.17. The van der Waals surface area contributed by atoms with E-state index in [-0.39, 0.29) is 24.8 Å². The number of allylic oxidation sites excluding steroid dienone is 1. The van der Waals surface area contributed by atoms with Crippen LogP contribution in [-0.2, 0) is 0 Å². The summed E-state index contributed by atoms with van der Waals surface area (Å²) in [4.78, 5) is 2.50. The predicted molar refractivity (Wildman–Crippen MR) is 97.6 cm³/mol. The third-order valence-electron chi connectivity index (χ3n) is 3.56. The third-order valence-corrected chi connectivity index (χ3v) is 4.12. The minimum atomic E-state index is 0. The predicted octanol–water partition coefficient (Wildman–Crippen LogP) is 4.75. The van der Waals surface area contributed by atoms with Gasteiger partial charge in [0, 0.05) is 42.3 Å². The van der Waals surface area contributed by atoms with Gasteiger partial charge < -0.3 is 5.32 Å². The number of rotatable bonds is 5. The Labute approximate surface area is 149 Å². The highest BCUT2D eigenvalue weighted by molar-refractivity contribution is 6.35. The van der Waals surface area contributed by atoms with E-state index in [0.29, 0.717) is 11.1 Å². The molecule has 0 aromatic heterocycles. The molecule has 1 fully saturated rings. The van der Waals surface area contributed by atoms with Crippen LogP contribution in [0, 0.1) is 0 Å². The van der Waals surface area contributed by atoms with Crippen molar-refractivity contribution in [3.05, 3.63) is 46.5 Å². The second kappa shape index (κ2) is 10.7. The van der Waals surface area contributed by atoms with Crippen LogP contribution in [0.25, 0.3) is 0 Å². The summed E-state index contributed by atoms with van der Waals surface area (Å²) in [5.74, 6) is 0. The molecule has 6 heteroatoms. The fourth-order valence-electron chi connectivity index (χ4n) is 2.58. The average molecular weight is 372 g/mol. The van der Waals surface area contributed by atoms with E-state index < -0.39 is 0 Å². The quantitative estimate of drug-likeness (QED) is 0.751. The maximum Gasteiger partial charge on any atom is 0.0468 e. The minimum absolute atomic E-state index is 0. The Hall–Kier alpha value is 0.0400. The van der Waals surface area contributed by atoms with Crippen LogP contribution in [-0.4, -0.2) is 31.1 Å². The Morgan fingerprint density at radius 2 is 1.90 bits per heavy atom. The first-order valence-electron chi connectivity index (χ1n) is 6.73. The molecule has 0 bridgehead atoms. The Bertz CT molecular complexity index is 434. The topological polar surface area (TPSA) is 15.3 Å². The zero-order valence-electron chi connectivity index (χ0n) is 11.9. The number of nitrogens with zero attached hydrogens (tertiary/aromatic N) is 1. The highest BCUT2D eigenvalue weighted by atomic mass is 35.5. The number of nitrogens with one attached hydrogen (secondary N) is 1. The van der Waals surface area contributed by atoms with Crippen LogP contribution in [0.3, 0.4) is 0 Å². The van der Waals surface area contributed by atoms with Gasteiger partial charge in [-0.15, -0.1) is 31.4 Å². The van der Waals surface area contributed by atoms with Crippen molar-refractivity contribution in [2.24, 2.45) is 0 Å². The lowest BCUT2D eigenvalue weighted by molar-refractivity contribution is 0.166. The van der Waals surface area contributed by atoms with E-state index in [9.17, 15) is 0 Å². The van der Waals surface area contributed by atoms with Gasteiger partial charge in [0.2, 0.25) is 0 Å². The Morgan fingerprint density at radius 3 is 2.48 bits per heavy atom. The molecule has 0 amide bonds. The lowest BCUT2D eigenvalue weighted by atomic mass is 9.99. The van der Waals surface area contributed by atoms with E-state index >= 15 is 0 Å². The van der Waals surface area contributed by atoms with Crippen LogP contribution in [0.2, 0.25) is 10.0 Å². The molecule has 1 N–H and O–H groups in total. The van der Waals surface area contributed by atoms with Gasteiger partial charge in [-0.3, -0.25) is 4.90 Å². The molecule has 2 rings (SSSR count). The first-order valence-corrected chi connectivity index (χ1v) is 7.48. The normalized spacial score (nSPS) is 16.5. The summed E-state index contributed by atoms with van der Waals surface area (Å²) in [7, 11) is 0. The lowest BCUT2D eigenvalue weighted by Crippen LogP contribution is -2.45. The van der Waals surface area contributed by atoms with Crippen LogP contribution in [0.4, 0.5) is 0 Å². The Kier molecular flexibility index (Phi) is 10.7. The summed E-state index contributed by atoms with van der Waals surface area (Å²) >= 11 is 12.4. The molecule has 0 aliphatic carbocycles. The summed E-state index contributed by atoms with van der Waals surface area (Å²) in [6.45, 7) is 8.01.